The Morgan fingerprint density at radius 3 is 2.67 bits per heavy atom. The topological polar surface area (TPSA) is 3.24 Å². The van der Waals surface area contributed by atoms with Crippen molar-refractivity contribution in [2.45, 2.75) is 44.9 Å². The minimum absolute atomic E-state index is 0.420. The van der Waals surface area contributed by atoms with Crippen molar-refractivity contribution in [2.24, 2.45) is 5.92 Å². The molecule has 0 spiro atoms. The molecule has 0 N–H and O–H groups in total. The van der Waals surface area contributed by atoms with Crippen LogP contribution in [0.25, 0.3) is 0 Å². The van der Waals surface area contributed by atoms with Crippen LogP contribution in [0.1, 0.15) is 50.5 Å². The van der Waals surface area contributed by atoms with Gasteiger partial charge in [0.25, 0.3) is 0 Å². The molecule has 0 radical (unpaired) electrons. The molecule has 21 heavy (non-hydrogen) atoms. The van der Waals surface area contributed by atoms with Gasteiger partial charge in [-0.2, -0.15) is 0 Å². The molecule has 0 saturated heterocycles. The fraction of sp³-hybridized carbons (Fsp3) is 0.474. The molecule has 0 aliphatic heterocycles. The highest BCUT2D eigenvalue weighted by Crippen LogP contribution is 2.41. The molecule has 1 unspecified atom stereocenters. The van der Waals surface area contributed by atoms with Gasteiger partial charge in [0.05, 0.1) is 0 Å². The second-order valence-electron chi connectivity index (χ2n) is 6.02. The molecule has 1 atom stereocenters. The SMILES string of the molecule is C=C(C(c1cccc(Br)c1)C1CCCCC1)N(C)/C=C\C. The summed E-state index contributed by atoms with van der Waals surface area (Å²) >= 11 is 3.61. The summed E-state index contributed by atoms with van der Waals surface area (Å²) in [7, 11) is 2.11. The van der Waals surface area contributed by atoms with E-state index in [1.807, 2.05) is 0 Å². The van der Waals surface area contributed by atoms with E-state index < -0.39 is 0 Å². The first-order valence-electron chi connectivity index (χ1n) is 7.93. The Morgan fingerprint density at radius 1 is 1.33 bits per heavy atom. The molecule has 1 nitrogen and oxygen atoms in total. The van der Waals surface area contributed by atoms with E-state index in [2.05, 4.69) is 77.9 Å². The fourth-order valence-corrected chi connectivity index (χ4v) is 3.86. The third-order valence-electron chi connectivity index (χ3n) is 4.51. The Morgan fingerprint density at radius 2 is 2.05 bits per heavy atom. The summed E-state index contributed by atoms with van der Waals surface area (Å²) in [5, 5.41) is 0. The van der Waals surface area contributed by atoms with Gasteiger partial charge in [-0.25, -0.2) is 0 Å². The number of hydrogen-bond acceptors (Lipinski definition) is 1. The zero-order valence-corrected chi connectivity index (χ0v) is 14.8. The molecule has 0 amide bonds. The number of likely N-dealkylation sites (N-methyl/N-ethyl adjacent to an activating group) is 1. The van der Waals surface area contributed by atoms with E-state index in [0.717, 1.165) is 4.47 Å². The minimum Gasteiger partial charge on any atom is -0.355 e. The monoisotopic (exact) mass is 347 g/mol. The zero-order valence-electron chi connectivity index (χ0n) is 13.2. The predicted octanol–water partition coefficient (Wildman–Crippen LogP) is 6.09. The highest BCUT2D eigenvalue weighted by molar-refractivity contribution is 9.10. The zero-order chi connectivity index (χ0) is 15.2. The van der Waals surface area contributed by atoms with Crippen LogP contribution in [0.3, 0.4) is 0 Å². The molecule has 0 aromatic heterocycles. The third kappa shape index (κ3) is 4.23. The van der Waals surface area contributed by atoms with Gasteiger partial charge in [-0.05, 0) is 49.6 Å². The highest BCUT2D eigenvalue weighted by Gasteiger charge is 2.28. The number of allylic oxidation sites excluding steroid dienone is 2. The lowest BCUT2D eigenvalue weighted by Crippen LogP contribution is -2.24. The number of halogens is 1. The molecule has 1 aromatic rings. The molecule has 114 valence electrons. The van der Waals surface area contributed by atoms with E-state index in [-0.39, 0.29) is 0 Å². The third-order valence-corrected chi connectivity index (χ3v) is 5.01. The van der Waals surface area contributed by atoms with Crippen molar-refractivity contribution in [3.8, 4) is 0 Å². The van der Waals surface area contributed by atoms with Gasteiger partial charge in [-0.1, -0.05) is 60.0 Å². The summed E-state index contributed by atoms with van der Waals surface area (Å²) in [6, 6.07) is 8.74. The Bertz CT molecular complexity index is 500. The van der Waals surface area contributed by atoms with E-state index in [9.17, 15) is 0 Å². The van der Waals surface area contributed by atoms with Crippen molar-refractivity contribution in [1.29, 1.82) is 0 Å². The van der Waals surface area contributed by atoms with Crippen LogP contribution in [-0.2, 0) is 0 Å². The molecule has 2 rings (SSSR count). The maximum atomic E-state index is 4.41. The average molecular weight is 348 g/mol. The smallest absolute Gasteiger partial charge is 0.0265 e. The minimum atomic E-state index is 0.420. The van der Waals surface area contributed by atoms with Gasteiger partial charge in [0, 0.05) is 23.1 Å². The van der Waals surface area contributed by atoms with Gasteiger partial charge in [0.15, 0.2) is 0 Å². The summed E-state index contributed by atoms with van der Waals surface area (Å²) in [6.07, 6.45) is 10.9. The van der Waals surface area contributed by atoms with Gasteiger partial charge < -0.3 is 4.90 Å². The summed E-state index contributed by atoms with van der Waals surface area (Å²) in [5.41, 5.74) is 2.59. The van der Waals surface area contributed by atoms with Gasteiger partial charge in [0.1, 0.15) is 0 Å². The van der Waals surface area contributed by atoms with Gasteiger partial charge in [0.2, 0.25) is 0 Å². The van der Waals surface area contributed by atoms with Crippen LogP contribution in [-0.4, -0.2) is 11.9 Å². The molecular weight excluding hydrogens is 322 g/mol. The van der Waals surface area contributed by atoms with Crippen LogP contribution in [0.4, 0.5) is 0 Å². The second kappa shape index (κ2) is 7.84. The largest absolute Gasteiger partial charge is 0.355 e. The quantitative estimate of drug-likeness (QED) is 0.622. The Labute approximate surface area is 137 Å². The first-order chi connectivity index (χ1) is 10.1. The standard InChI is InChI=1S/C19H26BrN/c1-4-13-21(3)15(2)19(16-9-6-5-7-10-16)17-11-8-12-18(20)14-17/h4,8,11-14,16,19H,2,5-7,9-10H2,1,3H3/b13-4-. The number of nitrogens with zero attached hydrogens (tertiary/aromatic N) is 1. The summed E-state index contributed by atoms with van der Waals surface area (Å²) < 4.78 is 1.15. The maximum absolute atomic E-state index is 4.41. The molecule has 1 saturated carbocycles. The van der Waals surface area contributed by atoms with E-state index in [1.54, 1.807) is 0 Å². The Kier molecular flexibility index (Phi) is 6.10. The molecule has 1 aromatic carbocycles. The molecular formula is C19H26BrN. The highest BCUT2D eigenvalue weighted by atomic mass is 79.9. The van der Waals surface area contributed by atoms with Gasteiger partial charge >= 0.3 is 0 Å². The summed E-state index contributed by atoms with van der Waals surface area (Å²) in [5.74, 6) is 1.14. The van der Waals surface area contributed by atoms with Gasteiger partial charge in [-0.3, -0.25) is 0 Å². The maximum Gasteiger partial charge on any atom is 0.0265 e. The lowest BCUT2D eigenvalue weighted by Gasteiger charge is -2.35. The lowest BCUT2D eigenvalue weighted by atomic mass is 9.75. The summed E-state index contributed by atoms with van der Waals surface area (Å²) in [4.78, 5) is 2.18. The average Bonchev–Trinajstić information content (AvgIpc) is 2.49. The van der Waals surface area contributed by atoms with Crippen molar-refractivity contribution in [3.63, 3.8) is 0 Å². The number of hydrogen-bond donors (Lipinski definition) is 0. The molecule has 1 aliphatic rings. The first kappa shape index (κ1) is 16.4. The van der Waals surface area contributed by atoms with Crippen LogP contribution in [0.15, 0.2) is 53.3 Å². The van der Waals surface area contributed by atoms with E-state index in [4.69, 9.17) is 0 Å². The van der Waals surface area contributed by atoms with Crippen molar-refractivity contribution in [2.75, 3.05) is 7.05 Å². The molecule has 0 bridgehead atoms. The normalized spacial score (nSPS) is 17.9. The van der Waals surface area contributed by atoms with Crippen molar-refractivity contribution in [3.05, 3.63) is 58.9 Å². The lowest BCUT2D eigenvalue weighted by molar-refractivity contribution is 0.302. The van der Waals surface area contributed by atoms with Gasteiger partial charge in [-0.15, -0.1) is 0 Å². The van der Waals surface area contributed by atoms with Crippen LogP contribution < -0.4 is 0 Å². The van der Waals surface area contributed by atoms with Crippen LogP contribution in [0.5, 0.6) is 0 Å². The molecule has 1 aliphatic carbocycles. The fourth-order valence-electron chi connectivity index (χ4n) is 3.44. The van der Waals surface area contributed by atoms with E-state index in [0.29, 0.717) is 11.8 Å². The predicted molar refractivity (Wildman–Crippen MR) is 95.2 cm³/mol. The molecule has 1 fully saturated rings. The Hall–Kier alpha value is -1.02. The van der Waals surface area contributed by atoms with Crippen LogP contribution in [0, 0.1) is 5.92 Å². The molecule has 0 heterocycles. The second-order valence-corrected chi connectivity index (χ2v) is 6.93. The van der Waals surface area contributed by atoms with Crippen molar-refractivity contribution >= 4 is 15.9 Å². The van der Waals surface area contributed by atoms with E-state index in [1.165, 1.54) is 43.4 Å². The van der Waals surface area contributed by atoms with Crippen LogP contribution >= 0.6 is 15.9 Å². The first-order valence-corrected chi connectivity index (χ1v) is 8.72. The van der Waals surface area contributed by atoms with Crippen molar-refractivity contribution < 1.29 is 0 Å². The number of rotatable bonds is 5. The Balaban J connectivity index is 2.31. The van der Waals surface area contributed by atoms with Crippen LogP contribution in [0.2, 0.25) is 0 Å². The summed E-state index contributed by atoms with van der Waals surface area (Å²) in [6.45, 7) is 6.47. The number of benzene rings is 1. The molecule has 2 heteroatoms. The van der Waals surface area contributed by atoms with Crippen molar-refractivity contribution in [1.82, 2.24) is 4.90 Å². The van der Waals surface area contributed by atoms with E-state index >= 15 is 0 Å².